The second-order valence-corrected chi connectivity index (χ2v) is 6.75. The molecule has 4 rings (SSSR count). The number of likely N-dealkylation sites (tertiary alicyclic amines) is 1. The van der Waals surface area contributed by atoms with Crippen molar-refractivity contribution in [3.63, 3.8) is 0 Å². The first kappa shape index (κ1) is 15.4. The predicted octanol–water partition coefficient (Wildman–Crippen LogP) is 1.92. The summed E-state index contributed by atoms with van der Waals surface area (Å²) in [5.41, 5.74) is 0.415. The van der Waals surface area contributed by atoms with E-state index >= 15 is 0 Å². The van der Waals surface area contributed by atoms with Gasteiger partial charge in [-0.25, -0.2) is 0 Å². The highest BCUT2D eigenvalue weighted by atomic mass is 16.6. The first-order chi connectivity index (χ1) is 11.6. The summed E-state index contributed by atoms with van der Waals surface area (Å²) in [5.74, 6) is -1.30. The summed E-state index contributed by atoms with van der Waals surface area (Å²) in [4.78, 5) is 27.2. The van der Waals surface area contributed by atoms with Crippen LogP contribution in [0.15, 0.2) is 42.5 Å². The van der Waals surface area contributed by atoms with Crippen LogP contribution in [-0.4, -0.2) is 41.6 Å². The summed E-state index contributed by atoms with van der Waals surface area (Å²) in [5, 5.41) is 0. The van der Waals surface area contributed by atoms with Gasteiger partial charge in [-0.05, 0) is 12.0 Å². The van der Waals surface area contributed by atoms with Crippen LogP contribution in [0.1, 0.15) is 18.9 Å². The van der Waals surface area contributed by atoms with E-state index in [-0.39, 0.29) is 18.0 Å². The van der Waals surface area contributed by atoms with Crippen LogP contribution in [0.2, 0.25) is 0 Å². The van der Waals surface area contributed by atoms with Crippen molar-refractivity contribution < 1.29 is 19.1 Å². The highest BCUT2D eigenvalue weighted by Crippen LogP contribution is 2.52. The molecule has 5 nitrogen and oxygen atoms in total. The van der Waals surface area contributed by atoms with Crippen LogP contribution in [0.5, 0.6) is 0 Å². The topological polar surface area (TPSA) is 55.8 Å². The van der Waals surface area contributed by atoms with Crippen LogP contribution in [0.3, 0.4) is 0 Å². The number of rotatable bonds is 5. The molecule has 1 aromatic rings. The summed E-state index contributed by atoms with van der Waals surface area (Å²) in [6, 6.07) is 9.88. The molecule has 0 radical (unpaired) electrons. The molecule has 3 heterocycles. The van der Waals surface area contributed by atoms with Gasteiger partial charge in [0.1, 0.15) is 11.5 Å². The quantitative estimate of drug-likeness (QED) is 0.612. The fourth-order valence-electron chi connectivity index (χ4n) is 4.08. The third kappa shape index (κ3) is 2.26. The Morgan fingerprint density at radius 1 is 1.38 bits per heavy atom. The molecule has 0 saturated carbocycles. The maximum atomic E-state index is 13.0. The van der Waals surface area contributed by atoms with Gasteiger partial charge in [-0.2, -0.15) is 0 Å². The van der Waals surface area contributed by atoms with Crippen LogP contribution in [0.4, 0.5) is 0 Å². The van der Waals surface area contributed by atoms with Gasteiger partial charge in [-0.3, -0.25) is 9.59 Å². The van der Waals surface area contributed by atoms with E-state index in [4.69, 9.17) is 9.47 Å². The average Bonchev–Trinajstić information content (AvgIpc) is 3.22. The van der Waals surface area contributed by atoms with Gasteiger partial charge in [0.15, 0.2) is 0 Å². The normalized spacial score (nSPS) is 33.1. The fraction of sp³-hybridized carbons (Fsp3) is 0.474. The number of amides is 1. The molecule has 2 saturated heterocycles. The predicted molar refractivity (Wildman–Crippen MR) is 86.8 cm³/mol. The van der Waals surface area contributed by atoms with Crippen molar-refractivity contribution in [2.24, 2.45) is 11.8 Å². The number of hydrogen-bond donors (Lipinski definition) is 0. The summed E-state index contributed by atoms with van der Waals surface area (Å²) >= 11 is 0. The Hall–Kier alpha value is -2.14. The lowest BCUT2D eigenvalue weighted by Gasteiger charge is -2.22. The average molecular weight is 327 g/mol. The molecule has 4 atom stereocenters. The lowest BCUT2D eigenvalue weighted by Crippen LogP contribution is -2.40. The van der Waals surface area contributed by atoms with E-state index in [0.29, 0.717) is 19.7 Å². The van der Waals surface area contributed by atoms with Gasteiger partial charge in [0, 0.05) is 6.54 Å². The van der Waals surface area contributed by atoms with Crippen molar-refractivity contribution in [2.45, 2.75) is 31.6 Å². The molecule has 3 aliphatic heterocycles. The van der Waals surface area contributed by atoms with Crippen molar-refractivity contribution in [2.75, 3.05) is 13.2 Å². The lowest BCUT2D eigenvalue weighted by molar-refractivity contribution is -0.153. The number of esters is 1. The Kier molecular flexibility index (Phi) is 3.68. The SMILES string of the molecule is CCCOC(=O)C1C2C=CC3(CN(Cc4ccccc4)C(=O)C13)O2. The Bertz CT molecular complexity index is 686. The van der Waals surface area contributed by atoms with Gasteiger partial charge in [0.2, 0.25) is 5.91 Å². The molecule has 4 unspecified atom stereocenters. The van der Waals surface area contributed by atoms with Crippen LogP contribution in [0, 0.1) is 11.8 Å². The molecule has 24 heavy (non-hydrogen) atoms. The number of ether oxygens (including phenoxy) is 2. The molecule has 0 aliphatic carbocycles. The van der Waals surface area contributed by atoms with Crippen molar-refractivity contribution in [3.05, 3.63) is 48.0 Å². The van der Waals surface area contributed by atoms with Crippen molar-refractivity contribution in [1.82, 2.24) is 4.90 Å². The second kappa shape index (κ2) is 5.74. The van der Waals surface area contributed by atoms with E-state index in [0.717, 1.165) is 12.0 Å². The minimum atomic E-state index is -0.660. The van der Waals surface area contributed by atoms with Gasteiger partial charge >= 0.3 is 5.97 Å². The number of benzene rings is 1. The molecular formula is C19H21NO4. The number of nitrogens with zero attached hydrogens (tertiary/aromatic N) is 1. The highest BCUT2D eigenvalue weighted by Gasteiger charge is 2.67. The smallest absolute Gasteiger partial charge is 0.312 e. The van der Waals surface area contributed by atoms with E-state index in [2.05, 4.69) is 0 Å². The summed E-state index contributed by atoms with van der Waals surface area (Å²) in [7, 11) is 0. The zero-order chi connectivity index (χ0) is 16.7. The molecule has 0 aromatic heterocycles. The molecular weight excluding hydrogens is 306 g/mol. The fourth-order valence-corrected chi connectivity index (χ4v) is 4.08. The second-order valence-electron chi connectivity index (χ2n) is 6.75. The summed E-state index contributed by atoms with van der Waals surface area (Å²) in [6.45, 7) is 3.37. The molecule has 1 aromatic carbocycles. The Balaban J connectivity index is 1.56. The minimum absolute atomic E-state index is 0.0100. The molecule has 1 spiro atoms. The zero-order valence-corrected chi connectivity index (χ0v) is 13.7. The monoisotopic (exact) mass is 327 g/mol. The van der Waals surface area contributed by atoms with Crippen LogP contribution < -0.4 is 0 Å². The van der Waals surface area contributed by atoms with Gasteiger partial charge in [-0.15, -0.1) is 0 Å². The molecule has 2 bridgehead atoms. The van der Waals surface area contributed by atoms with Crippen LogP contribution >= 0.6 is 0 Å². The third-order valence-corrected chi connectivity index (χ3v) is 5.12. The van der Waals surface area contributed by atoms with E-state index in [9.17, 15) is 9.59 Å². The molecule has 5 heteroatoms. The first-order valence-corrected chi connectivity index (χ1v) is 8.51. The van der Waals surface area contributed by atoms with E-state index in [1.54, 1.807) is 4.90 Å². The Morgan fingerprint density at radius 3 is 2.92 bits per heavy atom. The zero-order valence-electron chi connectivity index (χ0n) is 13.7. The van der Waals surface area contributed by atoms with Gasteiger partial charge in [0.25, 0.3) is 0 Å². The molecule has 1 amide bonds. The third-order valence-electron chi connectivity index (χ3n) is 5.12. The maximum absolute atomic E-state index is 13.0. The van der Waals surface area contributed by atoms with E-state index in [1.807, 2.05) is 49.4 Å². The van der Waals surface area contributed by atoms with Crippen LogP contribution in [0.25, 0.3) is 0 Å². The molecule has 126 valence electrons. The van der Waals surface area contributed by atoms with E-state index in [1.165, 1.54) is 0 Å². The standard InChI is InChI=1S/C19H21NO4/c1-2-10-23-18(22)15-14-8-9-19(24-14)12-20(17(21)16(15)19)11-13-6-4-3-5-7-13/h3-9,14-16H,2,10-12H2,1H3. The minimum Gasteiger partial charge on any atom is -0.465 e. The molecule has 3 aliphatic rings. The molecule has 2 fully saturated rings. The molecule has 0 N–H and O–H groups in total. The highest BCUT2D eigenvalue weighted by molar-refractivity contribution is 5.91. The van der Waals surface area contributed by atoms with Crippen molar-refractivity contribution in [3.8, 4) is 0 Å². The van der Waals surface area contributed by atoms with Gasteiger partial charge in [0.05, 0.1) is 25.2 Å². The number of carbonyl (C=O) groups excluding carboxylic acids is 2. The summed E-state index contributed by atoms with van der Waals surface area (Å²) < 4.78 is 11.4. The number of fused-ring (bicyclic) bond motifs is 1. The van der Waals surface area contributed by atoms with Gasteiger partial charge in [-0.1, -0.05) is 49.4 Å². The number of carbonyl (C=O) groups is 2. The van der Waals surface area contributed by atoms with E-state index < -0.39 is 17.4 Å². The lowest BCUT2D eigenvalue weighted by atomic mass is 9.77. The Morgan fingerprint density at radius 2 is 2.17 bits per heavy atom. The van der Waals surface area contributed by atoms with Gasteiger partial charge < -0.3 is 14.4 Å². The first-order valence-electron chi connectivity index (χ1n) is 8.51. The number of hydrogen-bond acceptors (Lipinski definition) is 4. The van der Waals surface area contributed by atoms with Crippen molar-refractivity contribution in [1.29, 1.82) is 0 Å². The Labute approximate surface area is 141 Å². The van der Waals surface area contributed by atoms with Crippen LogP contribution in [-0.2, 0) is 25.6 Å². The maximum Gasteiger partial charge on any atom is 0.312 e. The largest absolute Gasteiger partial charge is 0.465 e. The van der Waals surface area contributed by atoms with Crippen molar-refractivity contribution >= 4 is 11.9 Å². The summed E-state index contributed by atoms with van der Waals surface area (Å²) in [6.07, 6.45) is 4.31.